The summed E-state index contributed by atoms with van der Waals surface area (Å²) in [6, 6.07) is 8.04. The molecule has 0 aromatic heterocycles. The van der Waals surface area contributed by atoms with Crippen LogP contribution in [0, 0.1) is 0 Å². The number of carbonyl (C=O) groups is 1. The number of nitrogens with zero attached hydrogens (tertiary/aromatic N) is 1. The van der Waals surface area contributed by atoms with Crippen LogP contribution in [-0.4, -0.2) is 50.6 Å². The number of ether oxygens (including phenoxy) is 1. The molecule has 0 radical (unpaired) electrons. The second-order valence-corrected chi connectivity index (χ2v) is 5.55. The minimum absolute atomic E-state index is 0.0192. The monoisotopic (exact) mass is 291 g/mol. The summed E-state index contributed by atoms with van der Waals surface area (Å²) < 4.78 is 5.23. The number of methoxy groups -OCH3 is 1. The van der Waals surface area contributed by atoms with Crippen LogP contribution in [0.25, 0.3) is 0 Å². The molecule has 1 aromatic rings. The average Bonchev–Trinajstić information content (AvgIpc) is 2.98. The lowest BCUT2D eigenvalue weighted by atomic mass is 10.2. The van der Waals surface area contributed by atoms with E-state index in [1.165, 1.54) is 12.8 Å². The lowest BCUT2D eigenvalue weighted by Crippen LogP contribution is -2.36. The van der Waals surface area contributed by atoms with Crippen LogP contribution in [0.2, 0.25) is 0 Å². The minimum atomic E-state index is 0.0192. The molecule has 5 nitrogen and oxygen atoms in total. The van der Waals surface area contributed by atoms with Crippen molar-refractivity contribution in [2.75, 3.05) is 39.1 Å². The normalized spacial score (nSPS) is 18.0. The average molecular weight is 291 g/mol. The molecule has 1 aliphatic rings. The third-order valence-corrected chi connectivity index (χ3v) is 3.80. The van der Waals surface area contributed by atoms with Gasteiger partial charge in [0.1, 0.15) is 5.75 Å². The van der Waals surface area contributed by atoms with Gasteiger partial charge in [0, 0.05) is 25.6 Å². The Kier molecular flexibility index (Phi) is 6.02. The Hall–Kier alpha value is -1.59. The number of hydrogen-bond donors (Lipinski definition) is 2. The summed E-state index contributed by atoms with van der Waals surface area (Å²) in [6.07, 6.45) is 2.98. The van der Waals surface area contributed by atoms with E-state index in [1.54, 1.807) is 7.11 Å². The molecule has 1 atom stereocenters. The zero-order valence-corrected chi connectivity index (χ0v) is 12.9. The van der Waals surface area contributed by atoms with Gasteiger partial charge in [-0.15, -0.1) is 0 Å². The first-order valence-corrected chi connectivity index (χ1v) is 7.54. The lowest BCUT2D eigenvalue weighted by Gasteiger charge is -2.20. The zero-order chi connectivity index (χ0) is 15.1. The minimum Gasteiger partial charge on any atom is -0.495 e. The second kappa shape index (κ2) is 8.00. The summed E-state index contributed by atoms with van der Waals surface area (Å²) >= 11 is 0. The fraction of sp³-hybridized carbons (Fsp3) is 0.562. The summed E-state index contributed by atoms with van der Waals surface area (Å²) in [7, 11) is 3.67. The van der Waals surface area contributed by atoms with Crippen LogP contribution in [0.4, 0.5) is 5.69 Å². The van der Waals surface area contributed by atoms with E-state index in [9.17, 15) is 4.79 Å². The molecule has 5 heteroatoms. The Labute approximate surface area is 126 Å². The first-order valence-electron chi connectivity index (χ1n) is 7.54. The van der Waals surface area contributed by atoms with E-state index >= 15 is 0 Å². The molecule has 2 N–H and O–H groups in total. The van der Waals surface area contributed by atoms with Crippen molar-refractivity contribution in [3.63, 3.8) is 0 Å². The van der Waals surface area contributed by atoms with Crippen LogP contribution in [-0.2, 0) is 4.79 Å². The number of hydrogen-bond acceptors (Lipinski definition) is 4. The van der Waals surface area contributed by atoms with Gasteiger partial charge in [-0.2, -0.15) is 0 Å². The lowest BCUT2D eigenvalue weighted by molar-refractivity contribution is -0.116. The highest BCUT2D eigenvalue weighted by Crippen LogP contribution is 2.23. The third kappa shape index (κ3) is 5.02. The van der Waals surface area contributed by atoms with Gasteiger partial charge in [-0.3, -0.25) is 4.79 Å². The van der Waals surface area contributed by atoms with Gasteiger partial charge < -0.3 is 20.3 Å². The van der Waals surface area contributed by atoms with E-state index < -0.39 is 0 Å². The first kappa shape index (κ1) is 15.8. The number of benzene rings is 1. The van der Waals surface area contributed by atoms with E-state index in [0.29, 0.717) is 18.2 Å². The Morgan fingerprint density at radius 2 is 2.29 bits per heavy atom. The van der Waals surface area contributed by atoms with E-state index in [4.69, 9.17) is 4.74 Å². The molecule has 1 saturated heterocycles. The smallest absolute Gasteiger partial charge is 0.225 e. The van der Waals surface area contributed by atoms with Gasteiger partial charge in [0.05, 0.1) is 12.8 Å². The summed E-state index contributed by atoms with van der Waals surface area (Å²) in [5, 5.41) is 6.38. The number of nitrogens with one attached hydrogen (secondary N) is 2. The number of carbonyl (C=O) groups excluding carboxylic acids is 1. The Balaban J connectivity index is 1.73. The number of rotatable bonds is 7. The van der Waals surface area contributed by atoms with Gasteiger partial charge in [-0.1, -0.05) is 12.1 Å². The van der Waals surface area contributed by atoms with E-state index in [0.717, 1.165) is 25.3 Å². The molecule has 0 saturated carbocycles. The molecule has 1 heterocycles. The highest BCUT2D eigenvalue weighted by atomic mass is 16.5. The van der Waals surface area contributed by atoms with Gasteiger partial charge >= 0.3 is 0 Å². The van der Waals surface area contributed by atoms with Crippen molar-refractivity contribution in [2.24, 2.45) is 0 Å². The zero-order valence-electron chi connectivity index (χ0n) is 12.9. The molecule has 21 heavy (non-hydrogen) atoms. The highest BCUT2D eigenvalue weighted by molar-refractivity contribution is 5.92. The Bertz CT molecular complexity index is 459. The predicted octanol–water partition coefficient (Wildman–Crippen LogP) is 1.71. The van der Waals surface area contributed by atoms with E-state index in [-0.39, 0.29) is 5.91 Å². The molecule has 0 spiro atoms. The molecule has 2 rings (SSSR count). The van der Waals surface area contributed by atoms with Crippen LogP contribution in [0.15, 0.2) is 24.3 Å². The molecule has 0 bridgehead atoms. The molecular formula is C16H25N3O2. The van der Waals surface area contributed by atoms with Crippen LogP contribution in [0.3, 0.4) is 0 Å². The molecule has 1 fully saturated rings. The largest absolute Gasteiger partial charge is 0.495 e. The summed E-state index contributed by atoms with van der Waals surface area (Å²) in [5.41, 5.74) is 0.727. The third-order valence-electron chi connectivity index (χ3n) is 3.80. The van der Waals surface area contributed by atoms with Crippen molar-refractivity contribution < 1.29 is 9.53 Å². The number of anilines is 1. The van der Waals surface area contributed by atoms with Crippen LogP contribution >= 0.6 is 0 Å². The van der Waals surface area contributed by atoms with Crippen LogP contribution in [0.5, 0.6) is 5.75 Å². The highest BCUT2D eigenvalue weighted by Gasteiger charge is 2.16. The number of likely N-dealkylation sites (N-methyl/N-ethyl adjacent to an activating group) is 1. The second-order valence-electron chi connectivity index (χ2n) is 5.55. The Morgan fingerprint density at radius 3 is 3.00 bits per heavy atom. The molecule has 116 valence electrons. The summed E-state index contributed by atoms with van der Waals surface area (Å²) in [4.78, 5) is 14.2. The van der Waals surface area contributed by atoms with Crippen molar-refractivity contribution in [1.82, 2.24) is 10.2 Å². The topological polar surface area (TPSA) is 53.6 Å². The fourth-order valence-corrected chi connectivity index (χ4v) is 2.63. The van der Waals surface area contributed by atoms with Crippen molar-refractivity contribution in [1.29, 1.82) is 0 Å². The van der Waals surface area contributed by atoms with Crippen molar-refractivity contribution in [3.05, 3.63) is 24.3 Å². The van der Waals surface area contributed by atoms with Gasteiger partial charge in [0.25, 0.3) is 0 Å². The molecule has 1 aromatic carbocycles. The summed E-state index contributed by atoms with van der Waals surface area (Å²) in [6.45, 7) is 2.88. The Morgan fingerprint density at radius 1 is 1.48 bits per heavy atom. The summed E-state index contributed by atoms with van der Waals surface area (Å²) in [5.74, 6) is 0.708. The van der Waals surface area contributed by atoms with Crippen LogP contribution < -0.4 is 15.4 Å². The molecule has 1 amide bonds. The quantitative estimate of drug-likeness (QED) is 0.803. The van der Waals surface area contributed by atoms with Crippen LogP contribution in [0.1, 0.15) is 19.3 Å². The molecular weight excluding hydrogens is 266 g/mol. The maximum Gasteiger partial charge on any atom is 0.225 e. The van der Waals surface area contributed by atoms with Gasteiger partial charge in [-0.05, 0) is 38.6 Å². The fourth-order valence-electron chi connectivity index (χ4n) is 2.63. The van der Waals surface area contributed by atoms with Crippen molar-refractivity contribution in [3.8, 4) is 5.75 Å². The standard InChI is InChI=1S/C16H25N3O2/c1-19(12-13-6-5-10-17-13)11-9-16(20)18-14-7-3-4-8-15(14)21-2/h3-4,7-8,13,17H,5-6,9-12H2,1-2H3,(H,18,20). The van der Waals surface area contributed by atoms with Gasteiger partial charge in [0.15, 0.2) is 0 Å². The predicted molar refractivity (Wildman–Crippen MR) is 84.8 cm³/mol. The first-order chi connectivity index (χ1) is 10.2. The maximum absolute atomic E-state index is 12.0. The van der Waals surface area contributed by atoms with Gasteiger partial charge in [-0.25, -0.2) is 0 Å². The molecule has 1 unspecified atom stereocenters. The van der Waals surface area contributed by atoms with Crippen molar-refractivity contribution >= 4 is 11.6 Å². The van der Waals surface area contributed by atoms with Crippen molar-refractivity contribution in [2.45, 2.75) is 25.3 Å². The molecule has 0 aliphatic carbocycles. The van der Waals surface area contributed by atoms with E-state index in [2.05, 4.69) is 22.6 Å². The SMILES string of the molecule is COc1ccccc1NC(=O)CCN(C)CC1CCCN1. The maximum atomic E-state index is 12.0. The molecule has 1 aliphatic heterocycles. The number of amides is 1. The van der Waals surface area contributed by atoms with E-state index in [1.807, 2.05) is 24.3 Å². The number of para-hydroxylation sites is 2. The van der Waals surface area contributed by atoms with Gasteiger partial charge in [0.2, 0.25) is 5.91 Å².